The summed E-state index contributed by atoms with van der Waals surface area (Å²) in [7, 11) is 1.77. The maximum absolute atomic E-state index is 12.5. The molecular formula is C14H27N5OS. The fourth-order valence-electron chi connectivity index (χ4n) is 2.16. The van der Waals surface area contributed by atoms with Crippen LogP contribution in [0.4, 0.5) is 10.9 Å². The van der Waals surface area contributed by atoms with Crippen LogP contribution in [0.3, 0.4) is 0 Å². The summed E-state index contributed by atoms with van der Waals surface area (Å²) in [5.41, 5.74) is 5.83. The number of aromatic nitrogens is 1. The van der Waals surface area contributed by atoms with Crippen LogP contribution in [-0.2, 0) is 0 Å². The predicted octanol–water partition coefficient (Wildman–Crippen LogP) is 1.96. The number of nitrogen functional groups attached to an aromatic ring is 1. The van der Waals surface area contributed by atoms with Crippen molar-refractivity contribution in [1.82, 2.24) is 14.8 Å². The van der Waals surface area contributed by atoms with Crippen molar-refractivity contribution < 1.29 is 4.79 Å². The molecule has 1 aromatic heterocycles. The van der Waals surface area contributed by atoms with E-state index in [1.165, 1.54) is 11.3 Å². The van der Waals surface area contributed by atoms with Crippen molar-refractivity contribution >= 4 is 28.2 Å². The quantitative estimate of drug-likeness (QED) is 0.729. The molecule has 0 aromatic carbocycles. The van der Waals surface area contributed by atoms with Gasteiger partial charge in [-0.2, -0.15) is 0 Å². The van der Waals surface area contributed by atoms with Crippen LogP contribution in [0.1, 0.15) is 36.9 Å². The van der Waals surface area contributed by atoms with Crippen molar-refractivity contribution in [2.75, 3.05) is 50.8 Å². The van der Waals surface area contributed by atoms with E-state index >= 15 is 0 Å². The molecular weight excluding hydrogens is 286 g/mol. The van der Waals surface area contributed by atoms with E-state index in [2.05, 4.69) is 29.0 Å². The number of amides is 1. The first-order valence-corrected chi connectivity index (χ1v) is 8.34. The highest BCUT2D eigenvalue weighted by Gasteiger charge is 2.20. The molecule has 0 unspecified atom stereocenters. The van der Waals surface area contributed by atoms with Crippen LogP contribution < -0.4 is 11.1 Å². The summed E-state index contributed by atoms with van der Waals surface area (Å²) in [6.45, 7) is 10.8. The SMILES string of the molecule is CCN(CC)CCCN(CC)C(=O)c1sc(NC)nc1N. The molecule has 3 N–H and O–H groups in total. The fourth-order valence-corrected chi connectivity index (χ4v) is 2.97. The summed E-state index contributed by atoms with van der Waals surface area (Å²) in [5.74, 6) is 0.296. The molecule has 0 aliphatic heterocycles. The second-order valence-corrected chi connectivity index (χ2v) is 5.75. The predicted molar refractivity (Wildman–Crippen MR) is 90.1 cm³/mol. The minimum atomic E-state index is -0.0199. The molecule has 0 saturated heterocycles. The number of hydrogen-bond acceptors (Lipinski definition) is 6. The van der Waals surface area contributed by atoms with Gasteiger partial charge in [-0.15, -0.1) is 0 Å². The first kappa shape index (κ1) is 17.7. The lowest BCUT2D eigenvalue weighted by molar-refractivity contribution is 0.0763. The van der Waals surface area contributed by atoms with Gasteiger partial charge in [0.05, 0.1) is 0 Å². The highest BCUT2D eigenvalue weighted by atomic mass is 32.1. The largest absolute Gasteiger partial charge is 0.382 e. The van der Waals surface area contributed by atoms with Crippen LogP contribution in [0.15, 0.2) is 0 Å². The zero-order valence-electron chi connectivity index (χ0n) is 13.5. The molecule has 21 heavy (non-hydrogen) atoms. The summed E-state index contributed by atoms with van der Waals surface area (Å²) in [6, 6.07) is 0. The van der Waals surface area contributed by atoms with Crippen molar-refractivity contribution in [3.8, 4) is 0 Å². The van der Waals surface area contributed by atoms with Crippen LogP contribution in [-0.4, -0.2) is 60.5 Å². The first-order chi connectivity index (χ1) is 10.1. The van der Waals surface area contributed by atoms with Crippen LogP contribution in [0.5, 0.6) is 0 Å². The van der Waals surface area contributed by atoms with Gasteiger partial charge >= 0.3 is 0 Å². The topological polar surface area (TPSA) is 74.5 Å². The Labute approximate surface area is 131 Å². The minimum absolute atomic E-state index is 0.0199. The van der Waals surface area contributed by atoms with E-state index in [1.807, 2.05) is 11.8 Å². The van der Waals surface area contributed by atoms with Gasteiger partial charge in [0.15, 0.2) is 5.13 Å². The number of nitrogens with zero attached hydrogens (tertiary/aromatic N) is 3. The molecule has 1 rings (SSSR count). The zero-order chi connectivity index (χ0) is 15.8. The molecule has 1 heterocycles. The van der Waals surface area contributed by atoms with Gasteiger partial charge in [0.1, 0.15) is 10.7 Å². The molecule has 120 valence electrons. The van der Waals surface area contributed by atoms with Crippen LogP contribution in [0.25, 0.3) is 0 Å². The summed E-state index contributed by atoms with van der Waals surface area (Å²) >= 11 is 1.31. The summed E-state index contributed by atoms with van der Waals surface area (Å²) in [4.78, 5) is 21.4. The van der Waals surface area contributed by atoms with E-state index < -0.39 is 0 Å². The van der Waals surface area contributed by atoms with Crippen molar-refractivity contribution in [3.63, 3.8) is 0 Å². The number of carbonyl (C=O) groups is 1. The van der Waals surface area contributed by atoms with Crippen molar-refractivity contribution in [1.29, 1.82) is 0 Å². The molecule has 6 nitrogen and oxygen atoms in total. The van der Waals surface area contributed by atoms with E-state index in [-0.39, 0.29) is 5.91 Å². The van der Waals surface area contributed by atoms with Crippen LogP contribution in [0.2, 0.25) is 0 Å². The number of carbonyl (C=O) groups excluding carboxylic acids is 1. The lowest BCUT2D eigenvalue weighted by atomic mass is 10.3. The van der Waals surface area contributed by atoms with E-state index in [0.717, 1.165) is 32.6 Å². The second-order valence-electron chi connectivity index (χ2n) is 4.75. The number of nitrogens with two attached hydrogens (primary N) is 1. The van der Waals surface area contributed by atoms with Gasteiger partial charge < -0.3 is 20.9 Å². The minimum Gasteiger partial charge on any atom is -0.382 e. The molecule has 0 radical (unpaired) electrons. The maximum Gasteiger partial charge on any atom is 0.267 e. The molecule has 0 aliphatic rings. The normalized spacial score (nSPS) is 10.9. The Morgan fingerprint density at radius 2 is 1.90 bits per heavy atom. The fraction of sp³-hybridized carbons (Fsp3) is 0.714. The van der Waals surface area contributed by atoms with E-state index in [1.54, 1.807) is 7.05 Å². The number of rotatable bonds is 9. The number of hydrogen-bond donors (Lipinski definition) is 2. The molecule has 7 heteroatoms. The zero-order valence-corrected chi connectivity index (χ0v) is 14.3. The Morgan fingerprint density at radius 1 is 1.24 bits per heavy atom. The van der Waals surface area contributed by atoms with Gasteiger partial charge in [-0.1, -0.05) is 25.2 Å². The third kappa shape index (κ3) is 4.86. The molecule has 0 saturated carbocycles. The molecule has 0 bridgehead atoms. The standard InChI is InChI=1S/C14H27N5OS/c1-5-18(6-2)9-8-10-19(7-3)13(20)11-12(15)17-14(16-4)21-11/h5-10,15H2,1-4H3,(H,16,17). The molecule has 1 aromatic rings. The number of nitrogens with one attached hydrogen (secondary N) is 1. The van der Waals surface area contributed by atoms with Crippen molar-refractivity contribution in [2.45, 2.75) is 27.2 Å². The van der Waals surface area contributed by atoms with E-state index in [4.69, 9.17) is 5.73 Å². The summed E-state index contributed by atoms with van der Waals surface area (Å²) in [5, 5.41) is 3.60. The molecule has 0 atom stereocenters. The highest BCUT2D eigenvalue weighted by Crippen LogP contribution is 2.25. The average Bonchev–Trinajstić information content (AvgIpc) is 2.88. The van der Waals surface area contributed by atoms with Gasteiger partial charge in [-0.25, -0.2) is 4.98 Å². The lowest BCUT2D eigenvalue weighted by Gasteiger charge is -2.23. The number of anilines is 2. The average molecular weight is 313 g/mol. The van der Waals surface area contributed by atoms with Gasteiger partial charge in [0, 0.05) is 20.1 Å². The summed E-state index contributed by atoms with van der Waals surface area (Å²) < 4.78 is 0. The molecule has 0 spiro atoms. The Hall–Kier alpha value is -1.34. The Kier molecular flexibility index (Phi) is 7.45. The molecule has 1 amide bonds. The van der Waals surface area contributed by atoms with Gasteiger partial charge in [0.25, 0.3) is 5.91 Å². The first-order valence-electron chi connectivity index (χ1n) is 7.52. The second kappa shape index (κ2) is 8.84. The highest BCUT2D eigenvalue weighted by molar-refractivity contribution is 7.18. The summed E-state index contributed by atoms with van der Waals surface area (Å²) in [6.07, 6.45) is 0.971. The Balaban J connectivity index is 2.62. The molecule has 0 fully saturated rings. The number of thiazole rings is 1. The monoisotopic (exact) mass is 313 g/mol. The Morgan fingerprint density at radius 3 is 2.38 bits per heavy atom. The van der Waals surface area contributed by atoms with Gasteiger partial charge in [-0.3, -0.25) is 4.79 Å². The maximum atomic E-state index is 12.5. The van der Waals surface area contributed by atoms with Crippen LogP contribution in [0, 0.1) is 0 Å². The smallest absolute Gasteiger partial charge is 0.267 e. The molecule has 0 aliphatic carbocycles. The van der Waals surface area contributed by atoms with Gasteiger partial charge in [-0.05, 0) is 33.0 Å². The van der Waals surface area contributed by atoms with Crippen molar-refractivity contribution in [2.24, 2.45) is 0 Å². The van der Waals surface area contributed by atoms with Crippen LogP contribution >= 0.6 is 11.3 Å². The lowest BCUT2D eigenvalue weighted by Crippen LogP contribution is -2.34. The van der Waals surface area contributed by atoms with Crippen molar-refractivity contribution in [3.05, 3.63) is 4.88 Å². The third-order valence-electron chi connectivity index (χ3n) is 3.53. The van der Waals surface area contributed by atoms with Gasteiger partial charge in [0.2, 0.25) is 0 Å². The third-order valence-corrected chi connectivity index (χ3v) is 4.60. The van der Waals surface area contributed by atoms with E-state index in [9.17, 15) is 4.79 Å². The Bertz CT molecular complexity index is 445. The van der Waals surface area contributed by atoms with E-state index in [0.29, 0.717) is 22.4 Å².